The van der Waals surface area contributed by atoms with Crippen LogP contribution in [0.25, 0.3) is 17.0 Å². The van der Waals surface area contributed by atoms with Crippen LogP contribution in [0.1, 0.15) is 42.3 Å². The van der Waals surface area contributed by atoms with E-state index in [4.69, 9.17) is 5.11 Å². The molecule has 8 heteroatoms. The Hall–Kier alpha value is -3.13. The first-order valence-corrected chi connectivity index (χ1v) is 10.2. The van der Waals surface area contributed by atoms with Gasteiger partial charge in [0, 0.05) is 41.3 Å². The van der Waals surface area contributed by atoms with Crippen molar-refractivity contribution in [3.8, 4) is 0 Å². The van der Waals surface area contributed by atoms with Crippen molar-refractivity contribution in [3.05, 3.63) is 76.2 Å². The molecule has 0 saturated carbocycles. The van der Waals surface area contributed by atoms with Crippen LogP contribution in [-0.4, -0.2) is 39.7 Å². The molecule has 0 bridgehead atoms. The highest BCUT2D eigenvalue weighted by Crippen LogP contribution is 2.41. The van der Waals surface area contributed by atoms with Gasteiger partial charge in [0.05, 0.1) is 6.04 Å². The Morgan fingerprint density at radius 3 is 2.53 bits per heavy atom. The first-order valence-electron chi connectivity index (χ1n) is 10.2. The van der Waals surface area contributed by atoms with Crippen molar-refractivity contribution in [2.75, 3.05) is 13.1 Å². The predicted molar refractivity (Wildman–Crippen MR) is 114 cm³/mol. The van der Waals surface area contributed by atoms with E-state index < -0.39 is 35.1 Å². The van der Waals surface area contributed by atoms with Crippen molar-refractivity contribution in [1.29, 1.82) is 0 Å². The summed E-state index contributed by atoms with van der Waals surface area (Å²) in [7, 11) is 0. The molecule has 3 aromatic rings. The highest BCUT2D eigenvalue weighted by atomic mass is 19.1. The second-order valence-electron chi connectivity index (χ2n) is 8.62. The zero-order chi connectivity index (χ0) is 23.2. The molecule has 0 saturated heterocycles. The molecule has 2 aromatic carbocycles. The molecule has 0 amide bonds. The SMILES string of the molecule is CC(C)(F)CN1CCc2c([nH]c3ccc(F)cc23)[C@H]1c1c(F)cc(/C=C/C(=O)O)cc1F. The van der Waals surface area contributed by atoms with Crippen LogP contribution in [0.5, 0.6) is 0 Å². The lowest BCUT2D eigenvalue weighted by Crippen LogP contribution is -2.43. The molecule has 1 aliphatic heterocycles. The van der Waals surface area contributed by atoms with Gasteiger partial charge in [-0.1, -0.05) is 0 Å². The molecule has 4 rings (SSSR count). The molecule has 2 N–H and O–H groups in total. The summed E-state index contributed by atoms with van der Waals surface area (Å²) in [6.45, 7) is 3.05. The zero-order valence-electron chi connectivity index (χ0n) is 17.6. The number of nitrogens with zero attached hydrogens (tertiary/aromatic N) is 1. The summed E-state index contributed by atoms with van der Waals surface area (Å²) >= 11 is 0. The Bertz CT molecular complexity index is 1200. The van der Waals surface area contributed by atoms with E-state index in [1.165, 1.54) is 26.0 Å². The molecule has 0 radical (unpaired) electrons. The highest BCUT2D eigenvalue weighted by Gasteiger charge is 2.37. The van der Waals surface area contributed by atoms with E-state index in [9.17, 15) is 13.6 Å². The number of aromatic amines is 1. The summed E-state index contributed by atoms with van der Waals surface area (Å²) in [5, 5.41) is 9.40. The summed E-state index contributed by atoms with van der Waals surface area (Å²) < 4.78 is 58.9. The van der Waals surface area contributed by atoms with E-state index in [1.54, 1.807) is 11.0 Å². The molecular weight excluding hydrogens is 424 g/mol. The average Bonchev–Trinajstić information content (AvgIpc) is 3.04. The molecule has 168 valence electrons. The molecule has 0 fully saturated rings. The van der Waals surface area contributed by atoms with Crippen LogP contribution < -0.4 is 0 Å². The van der Waals surface area contributed by atoms with E-state index in [-0.39, 0.29) is 17.7 Å². The summed E-state index contributed by atoms with van der Waals surface area (Å²) in [5.41, 5.74) is 0.0294. The van der Waals surface area contributed by atoms with Crippen LogP contribution in [-0.2, 0) is 11.2 Å². The predicted octanol–water partition coefficient (Wildman–Crippen LogP) is 5.38. The van der Waals surface area contributed by atoms with Crippen LogP contribution in [0.3, 0.4) is 0 Å². The van der Waals surface area contributed by atoms with Crippen molar-refractivity contribution in [2.24, 2.45) is 0 Å². The molecule has 1 aromatic heterocycles. The van der Waals surface area contributed by atoms with Crippen LogP contribution in [0, 0.1) is 17.5 Å². The van der Waals surface area contributed by atoms with Crippen LogP contribution in [0.2, 0.25) is 0 Å². The number of aromatic nitrogens is 1. The molecule has 0 spiro atoms. The van der Waals surface area contributed by atoms with Gasteiger partial charge in [-0.2, -0.15) is 0 Å². The van der Waals surface area contributed by atoms with Crippen molar-refractivity contribution in [3.63, 3.8) is 0 Å². The Morgan fingerprint density at radius 2 is 1.91 bits per heavy atom. The highest BCUT2D eigenvalue weighted by molar-refractivity contribution is 5.86. The lowest BCUT2D eigenvalue weighted by Gasteiger charge is -2.38. The van der Waals surface area contributed by atoms with Gasteiger partial charge < -0.3 is 10.1 Å². The molecule has 4 nitrogen and oxygen atoms in total. The molecule has 0 unspecified atom stereocenters. The number of fused-ring (bicyclic) bond motifs is 3. The van der Waals surface area contributed by atoms with E-state index in [1.807, 2.05) is 0 Å². The second kappa shape index (κ2) is 8.09. The molecule has 1 atom stereocenters. The maximum atomic E-state index is 15.2. The summed E-state index contributed by atoms with van der Waals surface area (Å²) in [4.78, 5) is 15.6. The number of rotatable bonds is 5. The Kier molecular flexibility index (Phi) is 5.58. The third-order valence-electron chi connectivity index (χ3n) is 5.56. The summed E-state index contributed by atoms with van der Waals surface area (Å²) in [5.74, 6) is -3.41. The van der Waals surface area contributed by atoms with Gasteiger partial charge in [-0.25, -0.2) is 22.4 Å². The fourth-order valence-corrected chi connectivity index (χ4v) is 4.42. The third-order valence-corrected chi connectivity index (χ3v) is 5.56. The Balaban J connectivity index is 1.89. The number of aliphatic carboxylic acids is 1. The van der Waals surface area contributed by atoms with E-state index in [0.717, 1.165) is 29.8 Å². The number of carboxylic acids is 1. The number of halogens is 4. The average molecular weight is 446 g/mol. The van der Waals surface area contributed by atoms with Crippen molar-refractivity contribution < 1.29 is 27.5 Å². The van der Waals surface area contributed by atoms with Gasteiger partial charge in [0.1, 0.15) is 23.1 Å². The van der Waals surface area contributed by atoms with Crippen LogP contribution >= 0.6 is 0 Å². The van der Waals surface area contributed by atoms with Gasteiger partial charge >= 0.3 is 5.97 Å². The van der Waals surface area contributed by atoms with Gasteiger partial charge in [-0.05, 0) is 67.8 Å². The van der Waals surface area contributed by atoms with Gasteiger partial charge in [-0.3, -0.25) is 4.90 Å². The fraction of sp³-hybridized carbons (Fsp3) is 0.292. The number of hydrogen-bond donors (Lipinski definition) is 2. The number of carbonyl (C=O) groups is 1. The Morgan fingerprint density at radius 1 is 1.22 bits per heavy atom. The number of alkyl halides is 1. The maximum Gasteiger partial charge on any atom is 0.328 e. The number of benzene rings is 2. The van der Waals surface area contributed by atoms with Gasteiger partial charge in [0.25, 0.3) is 0 Å². The zero-order valence-corrected chi connectivity index (χ0v) is 17.6. The molecule has 32 heavy (non-hydrogen) atoms. The van der Waals surface area contributed by atoms with Gasteiger partial charge in [-0.15, -0.1) is 0 Å². The first-order chi connectivity index (χ1) is 15.0. The van der Waals surface area contributed by atoms with Crippen molar-refractivity contribution >= 4 is 22.9 Å². The van der Waals surface area contributed by atoms with E-state index in [2.05, 4.69) is 4.98 Å². The maximum absolute atomic E-state index is 15.2. The van der Waals surface area contributed by atoms with Gasteiger partial charge in [0.2, 0.25) is 0 Å². The number of carboxylic acid groups (broad SMARTS) is 1. The van der Waals surface area contributed by atoms with Crippen molar-refractivity contribution in [2.45, 2.75) is 32.0 Å². The van der Waals surface area contributed by atoms with E-state index in [0.29, 0.717) is 29.6 Å². The monoisotopic (exact) mass is 446 g/mol. The standard InChI is InChI=1S/C24H22F4N2O2/c1-24(2,28)12-30-8-7-15-16-11-14(25)4-5-19(16)29-22(15)23(30)21-17(26)9-13(10-18(21)27)3-6-20(31)32/h3-6,9-11,23,29H,7-8,12H2,1-2H3,(H,31,32)/b6-3+/t23-/m1/s1. The van der Waals surface area contributed by atoms with Crippen LogP contribution in [0.15, 0.2) is 36.4 Å². The molecule has 0 aliphatic carbocycles. The number of nitrogens with one attached hydrogen (secondary N) is 1. The summed E-state index contributed by atoms with van der Waals surface area (Å²) in [6.07, 6.45) is 2.35. The third kappa shape index (κ3) is 4.27. The molecular formula is C24H22F4N2O2. The normalized spacial score (nSPS) is 17.2. The molecule has 1 aliphatic rings. The van der Waals surface area contributed by atoms with Gasteiger partial charge in [0.15, 0.2) is 0 Å². The largest absolute Gasteiger partial charge is 0.478 e. The number of hydrogen-bond acceptors (Lipinski definition) is 2. The topological polar surface area (TPSA) is 56.3 Å². The fourth-order valence-electron chi connectivity index (χ4n) is 4.42. The molecule has 2 heterocycles. The van der Waals surface area contributed by atoms with E-state index >= 15 is 8.78 Å². The first kappa shape index (κ1) is 22.1. The quantitative estimate of drug-likeness (QED) is 0.409. The van der Waals surface area contributed by atoms with Crippen LogP contribution in [0.4, 0.5) is 17.6 Å². The summed E-state index contributed by atoms with van der Waals surface area (Å²) in [6, 6.07) is 5.38. The lowest BCUT2D eigenvalue weighted by molar-refractivity contribution is -0.131. The lowest BCUT2D eigenvalue weighted by atomic mass is 9.90. The smallest absolute Gasteiger partial charge is 0.328 e. The minimum atomic E-state index is -1.62. The minimum Gasteiger partial charge on any atom is -0.478 e. The Labute approximate surface area is 182 Å². The number of H-pyrrole nitrogens is 1. The van der Waals surface area contributed by atoms with Crippen molar-refractivity contribution in [1.82, 2.24) is 9.88 Å². The second-order valence-corrected chi connectivity index (χ2v) is 8.62. The minimum absolute atomic E-state index is 0.0540.